The number of hydrogen-bond acceptors (Lipinski definition) is 1. The van der Waals surface area contributed by atoms with Crippen molar-refractivity contribution < 1.29 is 0 Å². The van der Waals surface area contributed by atoms with Crippen LogP contribution in [0.25, 0.3) is 22.4 Å². The van der Waals surface area contributed by atoms with Gasteiger partial charge in [-0.1, -0.05) is 0 Å². The van der Waals surface area contributed by atoms with Gasteiger partial charge in [0.15, 0.2) is 0 Å². The topological polar surface area (TPSA) is 12.9 Å². The van der Waals surface area contributed by atoms with Crippen molar-refractivity contribution in [3.63, 3.8) is 0 Å². The van der Waals surface area contributed by atoms with Crippen molar-refractivity contribution in [1.82, 2.24) is 4.98 Å². The molecule has 2 heteroatoms. The van der Waals surface area contributed by atoms with E-state index in [1.54, 1.807) is 0 Å². The summed E-state index contributed by atoms with van der Waals surface area (Å²) in [6, 6.07) is 17.8. The summed E-state index contributed by atoms with van der Waals surface area (Å²) in [6.45, 7) is 6.93. The zero-order valence-corrected chi connectivity index (χ0v) is 18.7. The van der Waals surface area contributed by atoms with Gasteiger partial charge >= 0.3 is 160 Å². The number of hydrogen-bond donors (Lipinski definition) is 0. The van der Waals surface area contributed by atoms with Gasteiger partial charge in [0, 0.05) is 0 Å². The molecule has 0 saturated heterocycles. The van der Waals surface area contributed by atoms with Crippen LogP contribution in [0.5, 0.6) is 0 Å². The van der Waals surface area contributed by atoms with E-state index in [1.807, 2.05) is 0 Å². The van der Waals surface area contributed by atoms with Gasteiger partial charge in [-0.05, 0) is 0 Å². The molecule has 0 atom stereocenters. The molecule has 0 bridgehead atoms. The Balaban J connectivity index is 1.94. The molecule has 1 heterocycles. The van der Waals surface area contributed by atoms with E-state index in [4.69, 9.17) is 4.98 Å². The fraction of sp³-hybridized carbons (Fsp3) is 0.292. The second-order valence-electron chi connectivity index (χ2n) is 9.03. The first-order valence-electron chi connectivity index (χ1n) is 9.42. The first-order valence-corrected chi connectivity index (χ1v) is 16.8. The third kappa shape index (κ3) is 2.56. The molecular formula is C24H27GeN. The number of benzene rings is 2. The summed E-state index contributed by atoms with van der Waals surface area (Å²) in [6.07, 6.45) is 2.15. The Morgan fingerprint density at radius 3 is 2.19 bits per heavy atom. The van der Waals surface area contributed by atoms with E-state index in [0.717, 1.165) is 5.69 Å². The molecule has 1 aliphatic rings. The second kappa shape index (κ2) is 5.82. The minimum atomic E-state index is -1.88. The molecule has 0 unspecified atom stereocenters. The van der Waals surface area contributed by atoms with Crippen LogP contribution in [-0.2, 0) is 5.41 Å². The van der Waals surface area contributed by atoms with Crippen LogP contribution in [0.2, 0.25) is 17.3 Å². The summed E-state index contributed by atoms with van der Waals surface area (Å²) in [4.78, 5) is 4.93. The molecule has 0 fully saturated rings. The molecule has 0 N–H and O–H groups in total. The number of rotatable bonds is 2. The summed E-state index contributed by atoms with van der Waals surface area (Å²) in [5.41, 5.74) is 9.34. The van der Waals surface area contributed by atoms with Crippen LogP contribution in [-0.4, -0.2) is 18.3 Å². The number of aryl methyl sites for hydroxylation is 1. The summed E-state index contributed by atoms with van der Waals surface area (Å²) >= 11 is -1.88. The maximum absolute atomic E-state index is 4.93. The van der Waals surface area contributed by atoms with Gasteiger partial charge < -0.3 is 0 Å². The monoisotopic (exact) mass is 403 g/mol. The van der Waals surface area contributed by atoms with Crippen LogP contribution >= 0.6 is 0 Å². The number of aromatic nitrogens is 1. The van der Waals surface area contributed by atoms with Crippen molar-refractivity contribution in [2.45, 2.75) is 43.5 Å². The summed E-state index contributed by atoms with van der Waals surface area (Å²) in [5, 5.41) is 0. The van der Waals surface area contributed by atoms with Crippen molar-refractivity contribution in [3.8, 4) is 22.4 Å². The second-order valence-corrected chi connectivity index (χ2v) is 19.6. The van der Waals surface area contributed by atoms with Crippen LogP contribution in [0.4, 0.5) is 0 Å². The van der Waals surface area contributed by atoms with Crippen LogP contribution in [0.1, 0.15) is 30.5 Å². The Bertz CT molecular complexity index is 1010. The SMILES string of the molecule is Cc1cc(-c2cccc3c2C(C)(C)c2ccccc2-3)nc[c]1[Ge]([CH3])([CH3])[CH3]. The van der Waals surface area contributed by atoms with Gasteiger partial charge in [-0.3, -0.25) is 0 Å². The zero-order valence-electron chi connectivity index (χ0n) is 16.6. The van der Waals surface area contributed by atoms with Gasteiger partial charge in [0.1, 0.15) is 0 Å². The van der Waals surface area contributed by atoms with E-state index < -0.39 is 13.3 Å². The zero-order chi connectivity index (χ0) is 18.7. The first kappa shape index (κ1) is 17.5. The van der Waals surface area contributed by atoms with Gasteiger partial charge in [0.05, 0.1) is 0 Å². The van der Waals surface area contributed by atoms with E-state index in [2.05, 4.69) is 92.8 Å². The van der Waals surface area contributed by atoms with E-state index in [1.165, 1.54) is 37.8 Å². The van der Waals surface area contributed by atoms with E-state index in [-0.39, 0.29) is 5.41 Å². The van der Waals surface area contributed by atoms with Crippen molar-refractivity contribution in [2.24, 2.45) is 0 Å². The number of nitrogens with zero attached hydrogens (tertiary/aromatic N) is 1. The Hall–Kier alpha value is -1.87. The van der Waals surface area contributed by atoms with Crippen molar-refractivity contribution >= 4 is 17.7 Å². The first-order chi connectivity index (χ1) is 12.2. The molecule has 1 aromatic heterocycles. The summed E-state index contributed by atoms with van der Waals surface area (Å²) in [7, 11) is 0. The fourth-order valence-electron chi connectivity index (χ4n) is 4.55. The molecule has 0 spiro atoms. The van der Waals surface area contributed by atoms with Crippen LogP contribution in [0, 0.1) is 6.92 Å². The van der Waals surface area contributed by atoms with E-state index >= 15 is 0 Å². The molecule has 3 aromatic rings. The minimum absolute atomic E-state index is 0.00137. The van der Waals surface area contributed by atoms with Crippen LogP contribution < -0.4 is 4.40 Å². The summed E-state index contributed by atoms with van der Waals surface area (Å²) < 4.78 is 1.50. The molecule has 0 saturated carbocycles. The predicted molar refractivity (Wildman–Crippen MR) is 115 cm³/mol. The third-order valence-corrected chi connectivity index (χ3v) is 10.3. The average molecular weight is 402 g/mol. The Kier molecular flexibility index (Phi) is 3.93. The molecule has 4 rings (SSSR count). The Morgan fingerprint density at radius 1 is 0.846 bits per heavy atom. The molecular weight excluding hydrogens is 375 g/mol. The quantitative estimate of drug-likeness (QED) is 0.486. The van der Waals surface area contributed by atoms with Gasteiger partial charge in [-0.15, -0.1) is 0 Å². The maximum atomic E-state index is 4.93. The van der Waals surface area contributed by atoms with E-state index in [9.17, 15) is 0 Å². The number of fused-ring (bicyclic) bond motifs is 3. The molecule has 26 heavy (non-hydrogen) atoms. The van der Waals surface area contributed by atoms with E-state index in [0.29, 0.717) is 0 Å². The predicted octanol–water partition coefficient (Wildman–Crippen LogP) is 5.91. The molecule has 0 amide bonds. The summed E-state index contributed by atoms with van der Waals surface area (Å²) in [5.74, 6) is 7.30. The van der Waals surface area contributed by atoms with Crippen LogP contribution in [0.3, 0.4) is 0 Å². The Labute approximate surface area is 159 Å². The number of pyridine rings is 1. The molecule has 2 aromatic carbocycles. The Morgan fingerprint density at radius 2 is 1.50 bits per heavy atom. The fourth-order valence-corrected chi connectivity index (χ4v) is 8.13. The van der Waals surface area contributed by atoms with Crippen molar-refractivity contribution in [1.29, 1.82) is 0 Å². The molecule has 0 aliphatic heterocycles. The van der Waals surface area contributed by atoms with Gasteiger partial charge in [-0.2, -0.15) is 0 Å². The van der Waals surface area contributed by atoms with Crippen molar-refractivity contribution in [2.75, 3.05) is 0 Å². The molecule has 1 aliphatic carbocycles. The normalized spacial score (nSPS) is 14.8. The van der Waals surface area contributed by atoms with Crippen molar-refractivity contribution in [3.05, 3.63) is 71.4 Å². The van der Waals surface area contributed by atoms with Gasteiger partial charge in [-0.25, -0.2) is 0 Å². The molecule has 1 nitrogen and oxygen atoms in total. The molecule has 132 valence electrons. The average Bonchev–Trinajstić information content (AvgIpc) is 2.82. The molecule has 0 radical (unpaired) electrons. The van der Waals surface area contributed by atoms with Gasteiger partial charge in [0.2, 0.25) is 0 Å². The van der Waals surface area contributed by atoms with Crippen LogP contribution in [0.15, 0.2) is 54.7 Å². The third-order valence-electron chi connectivity index (χ3n) is 5.77. The standard InChI is InChI=1S/C24H27GeN/c1-16-14-22(26-15-21(16)25(4,5)6)19-12-9-11-18-17-10-7-8-13-20(17)24(2,3)23(18)19/h7-15H,1-6H3. The van der Waals surface area contributed by atoms with Gasteiger partial charge in [0.25, 0.3) is 0 Å².